The van der Waals surface area contributed by atoms with Crippen LogP contribution in [0.3, 0.4) is 0 Å². The Hall–Kier alpha value is -1.35. The molecule has 0 aliphatic carbocycles. The molecule has 1 aliphatic heterocycles. The van der Waals surface area contributed by atoms with Crippen LogP contribution in [0.25, 0.3) is 0 Å². The van der Waals surface area contributed by atoms with Crippen molar-refractivity contribution in [3.63, 3.8) is 0 Å². The van der Waals surface area contributed by atoms with Gasteiger partial charge < -0.3 is 9.64 Å². The lowest BCUT2D eigenvalue weighted by Crippen LogP contribution is -2.30. The van der Waals surface area contributed by atoms with Crippen molar-refractivity contribution in [2.24, 2.45) is 5.92 Å². The van der Waals surface area contributed by atoms with Crippen LogP contribution in [0, 0.1) is 12.8 Å². The van der Waals surface area contributed by atoms with Crippen LogP contribution in [0.5, 0.6) is 0 Å². The number of hydrogen-bond acceptors (Lipinski definition) is 2. The Morgan fingerprint density at radius 2 is 1.89 bits per heavy atom. The van der Waals surface area contributed by atoms with Gasteiger partial charge in [-0.05, 0) is 44.2 Å². The summed E-state index contributed by atoms with van der Waals surface area (Å²) >= 11 is 0. The fourth-order valence-corrected chi connectivity index (χ4v) is 2.43. The van der Waals surface area contributed by atoms with Crippen molar-refractivity contribution in [3.8, 4) is 0 Å². The van der Waals surface area contributed by atoms with Gasteiger partial charge in [0.2, 0.25) is 0 Å². The van der Waals surface area contributed by atoms with Gasteiger partial charge in [0, 0.05) is 32.4 Å². The Morgan fingerprint density at radius 1 is 1.26 bits per heavy atom. The molecule has 3 nitrogen and oxygen atoms in total. The lowest BCUT2D eigenvalue weighted by atomic mass is 9.96. The molecule has 0 atom stereocenters. The number of carbonyl (C=O) groups is 1. The first-order valence-corrected chi connectivity index (χ1v) is 7.06. The molecule has 1 saturated heterocycles. The summed E-state index contributed by atoms with van der Waals surface area (Å²) in [6, 6.07) is 7.78. The predicted octanol–water partition coefficient (Wildman–Crippen LogP) is 2.88. The molecule has 0 unspecified atom stereocenters. The maximum Gasteiger partial charge on any atom is 0.253 e. The first-order valence-electron chi connectivity index (χ1n) is 7.06. The largest absolute Gasteiger partial charge is 0.381 e. The molecule has 0 aromatic heterocycles. The Labute approximate surface area is 115 Å². The van der Waals surface area contributed by atoms with Crippen LogP contribution >= 0.6 is 0 Å². The van der Waals surface area contributed by atoms with Gasteiger partial charge in [0.15, 0.2) is 0 Å². The van der Waals surface area contributed by atoms with Gasteiger partial charge in [-0.15, -0.1) is 0 Å². The molecular weight excluding hydrogens is 238 g/mol. The van der Waals surface area contributed by atoms with E-state index in [1.54, 1.807) is 0 Å². The molecule has 1 aliphatic rings. The predicted molar refractivity (Wildman–Crippen MR) is 76.3 cm³/mol. The Balaban J connectivity index is 1.83. The average molecular weight is 261 g/mol. The van der Waals surface area contributed by atoms with Crippen LogP contribution in [0.15, 0.2) is 24.3 Å². The highest BCUT2D eigenvalue weighted by Crippen LogP contribution is 2.19. The van der Waals surface area contributed by atoms with Crippen molar-refractivity contribution in [2.75, 3.05) is 26.8 Å². The fraction of sp³-hybridized carbons (Fsp3) is 0.562. The molecule has 0 N–H and O–H groups in total. The fourth-order valence-electron chi connectivity index (χ4n) is 2.43. The van der Waals surface area contributed by atoms with Gasteiger partial charge in [-0.3, -0.25) is 4.79 Å². The third kappa shape index (κ3) is 4.06. The number of ether oxygens (including phenoxy) is 1. The van der Waals surface area contributed by atoms with E-state index in [4.69, 9.17) is 4.74 Å². The number of carbonyl (C=O) groups excluding carboxylic acids is 1. The second kappa shape index (κ2) is 6.71. The van der Waals surface area contributed by atoms with Gasteiger partial charge in [-0.25, -0.2) is 0 Å². The van der Waals surface area contributed by atoms with Crippen LogP contribution in [-0.4, -0.2) is 37.6 Å². The molecule has 1 heterocycles. The third-order valence-corrected chi connectivity index (χ3v) is 3.86. The number of nitrogens with zero attached hydrogens (tertiary/aromatic N) is 1. The average Bonchev–Trinajstić information content (AvgIpc) is 2.46. The van der Waals surface area contributed by atoms with Crippen molar-refractivity contribution >= 4 is 5.91 Å². The molecule has 2 rings (SSSR count). The molecule has 0 bridgehead atoms. The molecule has 0 saturated carbocycles. The number of hydrogen-bond donors (Lipinski definition) is 0. The van der Waals surface area contributed by atoms with E-state index in [0.717, 1.165) is 44.6 Å². The topological polar surface area (TPSA) is 29.5 Å². The van der Waals surface area contributed by atoms with Crippen LogP contribution in [-0.2, 0) is 4.74 Å². The second-order valence-corrected chi connectivity index (χ2v) is 5.44. The highest BCUT2D eigenvalue weighted by molar-refractivity contribution is 5.94. The Bertz CT molecular complexity index is 407. The van der Waals surface area contributed by atoms with Crippen LogP contribution < -0.4 is 0 Å². The normalized spacial score (nSPS) is 16.3. The van der Waals surface area contributed by atoms with Crippen molar-refractivity contribution in [1.29, 1.82) is 0 Å². The molecular formula is C16H23NO2. The maximum atomic E-state index is 12.2. The zero-order valence-electron chi connectivity index (χ0n) is 11.9. The van der Waals surface area contributed by atoms with E-state index in [1.165, 1.54) is 5.56 Å². The summed E-state index contributed by atoms with van der Waals surface area (Å²) in [6.07, 6.45) is 3.34. The van der Waals surface area contributed by atoms with Gasteiger partial charge in [0.25, 0.3) is 5.91 Å². The summed E-state index contributed by atoms with van der Waals surface area (Å²) in [5, 5.41) is 0. The summed E-state index contributed by atoms with van der Waals surface area (Å²) in [6.45, 7) is 4.61. The minimum atomic E-state index is 0.118. The zero-order chi connectivity index (χ0) is 13.7. The van der Waals surface area contributed by atoms with E-state index in [2.05, 4.69) is 0 Å². The summed E-state index contributed by atoms with van der Waals surface area (Å²) in [7, 11) is 1.89. The van der Waals surface area contributed by atoms with Gasteiger partial charge >= 0.3 is 0 Å². The monoisotopic (exact) mass is 261 g/mol. The highest BCUT2D eigenvalue weighted by atomic mass is 16.5. The lowest BCUT2D eigenvalue weighted by molar-refractivity contribution is 0.0583. The van der Waals surface area contributed by atoms with Crippen molar-refractivity contribution < 1.29 is 9.53 Å². The standard InChI is InChI=1S/C16H23NO2/c1-13-3-5-15(6-4-13)16(18)17(2)10-7-14-8-11-19-12-9-14/h3-6,14H,7-12H2,1-2H3. The van der Waals surface area contributed by atoms with Gasteiger partial charge in [0.1, 0.15) is 0 Å². The minimum absolute atomic E-state index is 0.118. The van der Waals surface area contributed by atoms with E-state index >= 15 is 0 Å². The second-order valence-electron chi connectivity index (χ2n) is 5.44. The number of rotatable bonds is 4. The van der Waals surface area contributed by atoms with Crippen LogP contribution in [0.4, 0.5) is 0 Å². The van der Waals surface area contributed by atoms with E-state index in [1.807, 2.05) is 43.1 Å². The van der Waals surface area contributed by atoms with Gasteiger partial charge in [-0.1, -0.05) is 17.7 Å². The zero-order valence-corrected chi connectivity index (χ0v) is 11.9. The molecule has 0 spiro atoms. The highest BCUT2D eigenvalue weighted by Gasteiger charge is 2.16. The number of amides is 1. The number of benzene rings is 1. The molecule has 0 radical (unpaired) electrons. The first kappa shape index (κ1) is 14.1. The van der Waals surface area contributed by atoms with Crippen LogP contribution in [0.1, 0.15) is 35.2 Å². The third-order valence-electron chi connectivity index (χ3n) is 3.86. The molecule has 1 fully saturated rings. The molecule has 1 aromatic carbocycles. The van der Waals surface area contributed by atoms with E-state index in [-0.39, 0.29) is 5.91 Å². The molecule has 19 heavy (non-hydrogen) atoms. The van der Waals surface area contributed by atoms with Gasteiger partial charge in [-0.2, -0.15) is 0 Å². The Kier molecular flexibility index (Phi) is 4.97. The summed E-state index contributed by atoms with van der Waals surface area (Å²) in [5.41, 5.74) is 1.96. The maximum absolute atomic E-state index is 12.2. The minimum Gasteiger partial charge on any atom is -0.381 e. The van der Waals surface area contributed by atoms with Crippen LogP contribution in [0.2, 0.25) is 0 Å². The Morgan fingerprint density at radius 3 is 2.53 bits per heavy atom. The lowest BCUT2D eigenvalue weighted by Gasteiger charge is -2.25. The summed E-state index contributed by atoms with van der Waals surface area (Å²) < 4.78 is 5.35. The van der Waals surface area contributed by atoms with Crippen molar-refractivity contribution in [2.45, 2.75) is 26.2 Å². The summed E-state index contributed by atoms with van der Waals surface area (Å²) in [5.74, 6) is 0.828. The molecule has 104 valence electrons. The SMILES string of the molecule is Cc1ccc(C(=O)N(C)CCC2CCOCC2)cc1. The van der Waals surface area contributed by atoms with Crippen molar-refractivity contribution in [1.82, 2.24) is 4.90 Å². The molecule has 1 aromatic rings. The van der Waals surface area contributed by atoms with Gasteiger partial charge in [0.05, 0.1) is 0 Å². The quantitative estimate of drug-likeness (QED) is 0.834. The van der Waals surface area contributed by atoms with E-state index in [9.17, 15) is 4.79 Å². The molecule has 3 heteroatoms. The first-order chi connectivity index (χ1) is 9.16. The van der Waals surface area contributed by atoms with Crippen molar-refractivity contribution in [3.05, 3.63) is 35.4 Å². The van der Waals surface area contributed by atoms with E-state index in [0.29, 0.717) is 5.92 Å². The smallest absolute Gasteiger partial charge is 0.253 e. The number of aryl methyl sites for hydroxylation is 1. The summed E-state index contributed by atoms with van der Waals surface area (Å²) in [4.78, 5) is 14.1. The molecule has 1 amide bonds. The van der Waals surface area contributed by atoms with E-state index < -0.39 is 0 Å².